The van der Waals surface area contributed by atoms with E-state index in [4.69, 9.17) is 0 Å². The molecule has 0 saturated carbocycles. The third-order valence-electron chi connectivity index (χ3n) is 12.4. The minimum absolute atomic E-state index is 0.924. The first-order valence-electron chi connectivity index (χ1n) is 21.3. The molecule has 0 saturated heterocycles. The molecule has 0 spiro atoms. The van der Waals surface area contributed by atoms with Crippen molar-refractivity contribution in [2.24, 2.45) is 0 Å². The van der Waals surface area contributed by atoms with Gasteiger partial charge in [0.2, 0.25) is 0 Å². The van der Waals surface area contributed by atoms with Gasteiger partial charge in [-0.05, 0) is 143 Å². The SMILES string of the molecule is C1=C(c2ccc(-c3cc(-c4ccccc4)ccc3-c3ccccc3)cc2)CCC(N(c2ccc(-c3ccc4ccccc4c3)cc2)c2ccc3c(ccc4ccccc43)c2)=C1. The summed E-state index contributed by atoms with van der Waals surface area (Å²) in [5, 5.41) is 7.59. The lowest BCUT2D eigenvalue weighted by Gasteiger charge is -2.30. The molecule has 0 atom stereocenters. The number of benzene rings is 10. The maximum atomic E-state index is 2.46. The highest BCUT2D eigenvalue weighted by atomic mass is 15.1. The van der Waals surface area contributed by atoms with E-state index in [1.807, 2.05) is 0 Å². The molecule has 1 heteroatoms. The van der Waals surface area contributed by atoms with Gasteiger partial charge in [-0.2, -0.15) is 0 Å². The van der Waals surface area contributed by atoms with E-state index in [1.165, 1.54) is 99.3 Å². The van der Waals surface area contributed by atoms with E-state index in [9.17, 15) is 0 Å². The summed E-state index contributed by atoms with van der Waals surface area (Å²) in [6.07, 6.45) is 6.55. The summed E-state index contributed by atoms with van der Waals surface area (Å²) in [4.78, 5) is 2.46. The molecule has 10 aromatic carbocycles. The van der Waals surface area contributed by atoms with Crippen LogP contribution in [0.25, 0.3) is 82.4 Å². The van der Waals surface area contributed by atoms with Gasteiger partial charge in [-0.3, -0.25) is 0 Å². The largest absolute Gasteiger partial charge is 0.314 e. The summed E-state index contributed by atoms with van der Waals surface area (Å²) in [5.41, 5.74) is 16.0. The number of allylic oxidation sites excluding steroid dienone is 4. The minimum atomic E-state index is 0.924. The van der Waals surface area contributed by atoms with Gasteiger partial charge in [-0.25, -0.2) is 0 Å². The first kappa shape index (κ1) is 36.3. The van der Waals surface area contributed by atoms with Crippen LogP contribution in [0.1, 0.15) is 18.4 Å². The number of hydrogen-bond donors (Lipinski definition) is 0. The van der Waals surface area contributed by atoms with Gasteiger partial charge in [0.1, 0.15) is 0 Å². The first-order chi connectivity index (χ1) is 30.2. The maximum Gasteiger partial charge on any atom is 0.0464 e. The zero-order chi connectivity index (χ0) is 40.5. The first-order valence-corrected chi connectivity index (χ1v) is 21.3. The molecular formula is C60H43N. The van der Waals surface area contributed by atoms with E-state index in [2.05, 4.69) is 242 Å². The van der Waals surface area contributed by atoms with Crippen molar-refractivity contribution in [2.75, 3.05) is 4.90 Å². The molecule has 0 aromatic heterocycles. The average Bonchev–Trinajstić information content (AvgIpc) is 3.34. The molecule has 1 aliphatic rings. The summed E-state index contributed by atoms with van der Waals surface area (Å²) in [6.45, 7) is 0. The highest BCUT2D eigenvalue weighted by Crippen LogP contribution is 2.41. The van der Waals surface area contributed by atoms with Crippen molar-refractivity contribution in [1.29, 1.82) is 0 Å². The Hall–Kier alpha value is -7.74. The average molecular weight is 778 g/mol. The number of fused-ring (bicyclic) bond motifs is 4. The molecule has 0 amide bonds. The molecule has 0 fully saturated rings. The highest BCUT2D eigenvalue weighted by Gasteiger charge is 2.20. The summed E-state index contributed by atoms with van der Waals surface area (Å²) >= 11 is 0. The predicted octanol–water partition coefficient (Wildman–Crippen LogP) is 16.7. The van der Waals surface area contributed by atoms with Gasteiger partial charge in [0.05, 0.1) is 0 Å². The standard InChI is InChI=1S/C60H43N/c1-3-11-42(12-4-1)52-31-37-58(47-14-5-2-6-15-47)60(41-52)49-22-19-44(20-23-49)45-27-32-54(33-28-45)61(56-36-38-59-53(40-56)26-24-48-16-9-10-18-57(48)59)55-34-29-46(30-35-55)51-25-21-43-13-7-8-17-50(43)39-51/h1-27,29-32,34-41H,28,33H2. The van der Waals surface area contributed by atoms with Crippen molar-refractivity contribution in [3.8, 4) is 44.5 Å². The Morgan fingerprint density at radius 1 is 0.279 bits per heavy atom. The normalized spacial score (nSPS) is 12.7. The Bertz CT molecular complexity index is 3260. The van der Waals surface area contributed by atoms with E-state index in [1.54, 1.807) is 0 Å². The molecule has 0 unspecified atom stereocenters. The fourth-order valence-electron chi connectivity index (χ4n) is 9.17. The molecule has 0 N–H and O–H groups in total. The Morgan fingerprint density at radius 2 is 0.820 bits per heavy atom. The van der Waals surface area contributed by atoms with E-state index in [0.29, 0.717) is 0 Å². The Morgan fingerprint density at radius 3 is 1.59 bits per heavy atom. The van der Waals surface area contributed by atoms with Gasteiger partial charge in [0.25, 0.3) is 0 Å². The fourth-order valence-corrected chi connectivity index (χ4v) is 9.17. The summed E-state index contributed by atoms with van der Waals surface area (Å²) in [7, 11) is 0. The summed E-state index contributed by atoms with van der Waals surface area (Å²) < 4.78 is 0. The van der Waals surface area contributed by atoms with Crippen molar-refractivity contribution in [3.63, 3.8) is 0 Å². The molecule has 0 heterocycles. The van der Waals surface area contributed by atoms with Crippen LogP contribution < -0.4 is 4.90 Å². The quantitative estimate of drug-likeness (QED) is 0.139. The van der Waals surface area contributed by atoms with E-state index < -0.39 is 0 Å². The number of nitrogens with zero attached hydrogens (tertiary/aromatic N) is 1. The molecule has 1 nitrogen and oxygen atoms in total. The second kappa shape index (κ2) is 15.8. The van der Waals surface area contributed by atoms with Gasteiger partial charge in [-0.1, -0.05) is 194 Å². The van der Waals surface area contributed by atoms with Gasteiger partial charge in [0.15, 0.2) is 0 Å². The predicted molar refractivity (Wildman–Crippen MR) is 261 cm³/mol. The second-order valence-corrected chi connectivity index (χ2v) is 16.1. The lowest BCUT2D eigenvalue weighted by molar-refractivity contribution is 0.930. The zero-order valence-corrected chi connectivity index (χ0v) is 33.9. The molecule has 0 radical (unpaired) electrons. The van der Waals surface area contributed by atoms with E-state index in [-0.39, 0.29) is 0 Å². The van der Waals surface area contributed by atoms with Gasteiger partial charge < -0.3 is 4.90 Å². The third kappa shape index (κ3) is 7.11. The number of anilines is 2. The molecule has 10 aromatic rings. The Balaban J connectivity index is 0.944. The Kier molecular flexibility index (Phi) is 9.41. The number of hydrogen-bond acceptors (Lipinski definition) is 1. The highest BCUT2D eigenvalue weighted by molar-refractivity contribution is 6.08. The fraction of sp³-hybridized carbons (Fsp3) is 0.0333. The van der Waals surface area contributed by atoms with Crippen molar-refractivity contribution in [3.05, 3.63) is 248 Å². The van der Waals surface area contributed by atoms with Gasteiger partial charge in [-0.15, -0.1) is 0 Å². The molecular weight excluding hydrogens is 735 g/mol. The summed E-state index contributed by atoms with van der Waals surface area (Å²) in [5.74, 6) is 0. The van der Waals surface area contributed by atoms with Crippen LogP contribution in [0, 0.1) is 0 Å². The van der Waals surface area contributed by atoms with Crippen LogP contribution >= 0.6 is 0 Å². The van der Waals surface area contributed by atoms with Crippen LogP contribution in [0.5, 0.6) is 0 Å². The van der Waals surface area contributed by atoms with Crippen molar-refractivity contribution < 1.29 is 0 Å². The zero-order valence-electron chi connectivity index (χ0n) is 33.9. The van der Waals surface area contributed by atoms with Gasteiger partial charge >= 0.3 is 0 Å². The maximum absolute atomic E-state index is 2.46. The molecule has 288 valence electrons. The van der Waals surface area contributed by atoms with Crippen LogP contribution in [-0.2, 0) is 0 Å². The third-order valence-corrected chi connectivity index (χ3v) is 12.4. The lowest BCUT2D eigenvalue weighted by Crippen LogP contribution is -2.17. The van der Waals surface area contributed by atoms with Crippen LogP contribution in [0.4, 0.5) is 11.4 Å². The summed E-state index contributed by atoms with van der Waals surface area (Å²) in [6, 6.07) is 82.0. The lowest BCUT2D eigenvalue weighted by atomic mass is 9.89. The van der Waals surface area contributed by atoms with Crippen LogP contribution in [0.2, 0.25) is 0 Å². The van der Waals surface area contributed by atoms with Crippen molar-refractivity contribution in [1.82, 2.24) is 0 Å². The van der Waals surface area contributed by atoms with Crippen LogP contribution in [-0.4, -0.2) is 0 Å². The second-order valence-electron chi connectivity index (χ2n) is 16.1. The minimum Gasteiger partial charge on any atom is -0.314 e. The van der Waals surface area contributed by atoms with E-state index in [0.717, 1.165) is 18.5 Å². The monoisotopic (exact) mass is 777 g/mol. The smallest absolute Gasteiger partial charge is 0.0464 e. The van der Waals surface area contributed by atoms with E-state index >= 15 is 0 Å². The molecule has 0 aliphatic heterocycles. The van der Waals surface area contributed by atoms with Gasteiger partial charge in [0, 0.05) is 17.1 Å². The molecule has 1 aliphatic carbocycles. The molecule has 11 rings (SSSR count). The molecule has 61 heavy (non-hydrogen) atoms. The topological polar surface area (TPSA) is 3.24 Å². The number of rotatable bonds is 8. The van der Waals surface area contributed by atoms with Crippen LogP contribution in [0.15, 0.2) is 242 Å². The molecule has 0 bridgehead atoms. The van der Waals surface area contributed by atoms with Crippen LogP contribution in [0.3, 0.4) is 0 Å². The van der Waals surface area contributed by atoms with Crippen molar-refractivity contribution in [2.45, 2.75) is 12.8 Å². The van der Waals surface area contributed by atoms with Crippen molar-refractivity contribution >= 4 is 49.3 Å². The Labute approximate surface area is 357 Å².